The molecule has 1 aliphatic rings. The van der Waals surface area contributed by atoms with Gasteiger partial charge in [-0.15, -0.1) is 0 Å². The normalized spacial score (nSPS) is 17.1. The number of amides is 1. The van der Waals surface area contributed by atoms with E-state index < -0.39 is 35.3 Å². The van der Waals surface area contributed by atoms with E-state index in [0.717, 1.165) is 22.4 Å². The van der Waals surface area contributed by atoms with Crippen LogP contribution in [0.25, 0.3) is 16.0 Å². The predicted molar refractivity (Wildman–Crippen MR) is 133 cm³/mol. The average Bonchev–Trinajstić information content (AvgIpc) is 3.41. The first-order chi connectivity index (χ1) is 17.3. The summed E-state index contributed by atoms with van der Waals surface area (Å²) in [4.78, 5) is 44.3. The lowest BCUT2D eigenvalue weighted by Crippen LogP contribution is -2.29. The number of aromatic nitrogens is 1. The van der Waals surface area contributed by atoms with E-state index in [9.17, 15) is 23.9 Å². The highest BCUT2D eigenvalue weighted by molar-refractivity contribution is 7.22. The minimum absolute atomic E-state index is 0.159. The van der Waals surface area contributed by atoms with Gasteiger partial charge in [0.25, 0.3) is 5.78 Å². The second-order valence-electron chi connectivity index (χ2n) is 8.26. The Kier molecular flexibility index (Phi) is 5.85. The maximum Gasteiger partial charge on any atom is 0.337 e. The average molecular weight is 503 g/mol. The Morgan fingerprint density at radius 3 is 2.36 bits per heavy atom. The van der Waals surface area contributed by atoms with Crippen LogP contribution in [-0.2, 0) is 14.3 Å². The van der Waals surface area contributed by atoms with Gasteiger partial charge in [0.05, 0.1) is 34.5 Å². The number of nitrogens with zero attached hydrogens (tertiary/aromatic N) is 2. The van der Waals surface area contributed by atoms with Crippen LogP contribution in [0.5, 0.6) is 0 Å². The first kappa shape index (κ1) is 23.4. The summed E-state index contributed by atoms with van der Waals surface area (Å²) in [5.74, 6) is -3.23. The van der Waals surface area contributed by atoms with Crippen LogP contribution in [0.1, 0.15) is 33.1 Å². The number of hydrogen-bond acceptors (Lipinski definition) is 7. The maximum absolute atomic E-state index is 13.5. The third-order valence-corrected chi connectivity index (χ3v) is 6.97. The number of anilines is 1. The number of benzene rings is 3. The number of carbonyl (C=O) groups is 3. The Hall–Kier alpha value is -4.37. The zero-order valence-corrected chi connectivity index (χ0v) is 20.0. The van der Waals surface area contributed by atoms with E-state index >= 15 is 0 Å². The molecular formula is C27H19FN2O5S. The summed E-state index contributed by atoms with van der Waals surface area (Å²) in [7, 11) is 1.27. The molecule has 4 aromatic rings. The highest BCUT2D eigenvalue weighted by Crippen LogP contribution is 2.44. The molecule has 1 aliphatic heterocycles. The molecule has 0 radical (unpaired) electrons. The Morgan fingerprint density at radius 2 is 1.69 bits per heavy atom. The van der Waals surface area contributed by atoms with Gasteiger partial charge in [-0.2, -0.15) is 0 Å². The molecule has 0 saturated carbocycles. The van der Waals surface area contributed by atoms with E-state index in [1.807, 2.05) is 25.1 Å². The first-order valence-corrected chi connectivity index (χ1v) is 11.7. The largest absolute Gasteiger partial charge is 0.507 e. The number of rotatable bonds is 4. The number of aliphatic hydroxyl groups excluding tert-OH is 1. The molecule has 1 amide bonds. The highest BCUT2D eigenvalue weighted by atomic mass is 32.1. The number of halogens is 1. The predicted octanol–water partition coefficient (Wildman–Crippen LogP) is 5.16. The van der Waals surface area contributed by atoms with Gasteiger partial charge in [0.1, 0.15) is 11.6 Å². The fraction of sp³-hybridized carbons (Fsp3) is 0.111. The van der Waals surface area contributed by atoms with Crippen molar-refractivity contribution in [2.24, 2.45) is 0 Å². The van der Waals surface area contributed by atoms with Crippen LogP contribution >= 0.6 is 11.3 Å². The monoisotopic (exact) mass is 502 g/mol. The number of aliphatic hydroxyl groups is 1. The van der Waals surface area contributed by atoms with Gasteiger partial charge in [-0.05, 0) is 66.6 Å². The summed E-state index contributed by atoms with van der Waals surface area (Å²) in [6.07, 6.45) is 0. The zero-order valence-electron chi connectivity index (χ0n) is 19.2. The van der Waals surface area contributed by atoms with Crippen LogP contribution in [0.2, 0.25) is 0 Å². The summed E-state index contributed by atoms with van der Waals surface area (Å²) in [6.45, 7) is 1.94. The van der Waals surface area contributed by atoms with Crippen LogP contribution in [0.3, 0.4) is 0 Å². The van der Waals surface area contributed by atoms with Crippen molar-refractivity contribution in [1.29, 1.82) is 0 Å². The van der Waals surface area contributed by atoms with Crippen molar-refractivity contribution in [3.8, 4) is 0 Å². The molecule has 3 aromatic carbocycles. The van der Waals surface area contributed by atoms with Crippen LogP contribution in [0.15, 0.2) is 72.3 Å². The van der Waals surface area contributed by atoms with Gasteiger partial charge in [-0.1, -0.05) is 29.5 Å². The van der Waals surface area contributed by atoms with Crippen molar-refractivity contribution in [3.05, 3.63) is 100 Å². The number of Topliss-reactive ketones (excluding diaryl/α,β-unsaturated/α-hetero) is 1. The Labute approximate surface area is 209 Å². The van der Waals surface area contributed by atoms with E-state index in [4.69, 9.17) is 4.74 Å². The lowest BCUT2D eigenvalue weighted by Gasteiger charge is -2.23. The van der Waals surface area contributed by atoms with Gasteiger partial charge in [0.2, 0.25) is 0 Å². The molecule has 9 heteroatoms. The molecule has 0 aliphatic carbocycles. The maximum atomic E-state index is 13.5. The summed E-state index contributed by atoms with van der Waals surface area (Å²) >= 11 is 1.25. The number of thiazole rings is 1. The molecule has 180 valence electrons. The van der Waals surface area contributed by atoms with E-state index in [1.54, 1.807) is 12.1 Å². The molecule has 2 heterocycles. The summed E-state index contributed by atoms with van der Waals surface area (Å²) in [5, 5.41) is 11.4. The van der Waals surface area contributed by atoms with Crippen molar-refractivity contribution in [2.45, 2.75) is 13.0 Å². The van der Waals surface area contributed by atoms with Crippen LogP contribution in [0, 0.1) is 12.7 Å². The van der Waals surface area contributed by atoms with E-state index in [0.29, 0.717) is 11.1 Å². The number of hydrogen-bond donors (Lipinski definition) is 1. The van der Waals surface area contributed by atoms with E-state index in [1.165, 1.54) is 47.6 Å². The highest BCUT2D eigenvalue weighted by Gasteiger charge is 2.48. The van der Waals surface area contributed by atoms with Crippen molar-refractivity contribution in [2.75, 3.05) is 12.0 Å². The third-order valence-electron chi connectivity index (χ3n) is 5.95. The minimum atomic E-state index is -1.02. The standard InChI is InChI=1S/C27H19FN2O5S/c1-14-3-12-19-20(13-14)36-27(29-19)30-22(15-4-6-17(7-5-15)26(34)35-2)21(24(32)25(30)33)23(31)16-8-10-18(28)11-9-16/h3-13,22,31H,1-2H3/t22-/m0/s1. The van der Waals surface area contributed by atoms with Gasteiger partial charge in [0.15, 0.2) is 5.13 Å². The Morgan fingerprint density at radius 1 is 1.03 bits per heavy atom. The number of ketones is 1. The number of esters is 1. The summed E-state index contributed by atoms with van der Waals surface area (Å²) < 4.78 is 19.1. The molecule has 36 heavy (non-hydrogen) atoms. The second kappa shape index (κ2) is 9.01. The molecule has 1 fully saturated rings. The number of ether oxygens (including phenoxy) is 1. The molecule has 1 N–H and O–H groups in total. The molecule has 1 atom stereocenters. The van der Waals surface area contributed by atoms with Gasteiger partial charge in [-0.3, -0.25) is 14.5 Å². The van der Waals surface area contributed by atoms with Crippen molar-refractivity contribution in [3.63, 3.8) is 0 Å². The quantitative estimate of drug-likeness (QED) is 0.179. The molecular weight excluding hydrogens is 483 g/mol. The third kappa shape index (κ3) is 3.93. The van der Waals surface area contributed by atoms with Crippen LogP contribution in [0.4, 0.5) is 9.52 Å². The minimum Gasteiger partial charge on any atom is -0.507 e. The smallest absolute Gasteiger partial charge is 0.337 e. The topological polar surface area (TPSA) is 96.8 Å². The lowest BCUT2D eigenvalue weighted by atomic mass is 9.95. The first-order valence-electron chi connectivity index (χ1n) is 10.9. The Balaban J connectivity index is 1.70. The molecule has 0 unspecified atom stereocenters. The summed E-state index contributed by atoms with van der Waals surface area (Å²) in [5.41, 5.74) is 2.47. The fourth-order valence-electron chi connectivity index (χ4n) is 4.15. The fourth-order valence-corrected chi connectivity index (χ4v) is 5.24. The molecule has 5 rings (SSSR count). The van der Waals surface area contributed by atoms with Gasteiger partial charge < -0.3 is 9.84 Å². The van der Waals surface area contributed by atoms with Gasteiger partial charge in [0, 0.05) is 5.56 Å². The number of carbonyl (C=O) groups excluding carboxylic acids is 3. The summed E-state index contributed by atoms with van der Waals surface area (Å²) in [6, 6.07) is 15.8. The number of aryl methyl sites for hydroxylation is 1. The Bertz CT molecular complexity index is 1560. The van der Waals surface area contributed by atoms with Gasteiger partial charge in [-0.25, -0.2) is 14.2 Å². The van der Waals surface area contributed by atoms with Crippen LogP contribution in [-0.4, -0.2) is 34.9 Å². The van der Waals surface area contributed by atoms with Crippen molar-refractivity contribution in [1.82, 2.24) is 4.98 Å². The van der Waals surface area contributed by atoms with E-state index in [2.05, 4.69) is 4.98 Å². The van der Waals surface area contributed by atoms with Crippen molar-refractivity contribution < 1.29 is 28.6 Å². The SMILES string of the molecule is COC(=O)c1ccc([C@H]2C(=C(O)c3ccc(F)cc3)C(=O)C(=O)N2c2nc3ccc(C)cc3s2)cc1. The molecule has 1 saturated heterocycles. The van der Waals surface area contributed by atoms with Gasteiger partial charge >= 0.3 is 11.9 Å². The molecule has 0 spiro atoms. The molecule has 0 bridgehead atoms. The van der Waals surface area contributed by atoms with E-state index in [-0.39, 0.29) is 21.8 Å². The van der Waals surface area contributed by atoms with Crippen LogP contribution < -0.4 is 4.90 Å². The second-order valence-corrected chi connectivity index (χ2v) is 9.27. The molecule has 7 nitrogen and oxygen atoms in total. The van der Waals surface area contributed by atoms with Crippen molar-refractivity contribution >= 4 is 50.1 Å². The molecule has 1 aromatic heterocycles. The lowest BCUT2D eigenvalue weighted by molar-refractivity contribution is -0.132. The number of fused-ring (bicyclic) bond motifs is 1. The zero-order chi connectivity index (χ0) is 25.6. The number of methoxy groups -OCH3 is 1.